The molecule has 0 amide bonds. The second-order valence-electron chi connectivity index (χ2n) is 3.88. The van der Waals surface area contributed by atoms with Crippen LogP contribution in [0, 0.1) is 5.92 Å². The Kier molecular flexibility index (Phi) is 2.62. The van der Waals surface area contributed by atoms with E-state index in [0.29, 0.717) is 12.8 Å². The first-order valence-corrected chi connectivity index (χ1v) is 5.10. The van der Waals surface area contributed by atoms with Gasteiger partial charge in [0.05, 0.1) is 13.0 Å². The number of rotatable bonds is 2. The SMILES string of the molecule is COc1cccc2c1CC[C@H](C(=O)O)C2. The van der Waals surface area contributed by atoms with Crippen LogP contribution in [-0.2, 0) is 17.6 Å². The summed E-state index contributed by atoms with van der Waals surface area (Å²) >= 11 is 0. The number of hydrogen-bond acceptors (Lipinski definition) is 2. The first-order valence-electron chi connectivity index (χ1n) is 5.10. The van der Waals surface area contributed by atoms with Crippen molar-refractivity contribution < 1.29 is 14.6 Å². The van der Waals surface area contributed by atoms with Crippen molar-refractivity contribution >= 4 is 5.97 Å². The fourth-order valence-electron chi connectivity index (χ4n) is 2.17. The van der Waals surface area contributed by atoms with Crippen LogP contribution in [0.25, 0.3) is 0 Å². The van der Waals surface area contributed by atoms with Crippen LogP contribution in [0.5, 0.6) is 5.75 Å². The summed E-state index contributed by atoms with van der Waals surface area (Å²) in [6.07, 6.45) is 2.14. The van der Waals surface area contributed by atoms with E-state index >= 15 is 0 Å². The summed E-state index contributed by atoms with van der Waals surface area (Å²) in [7, 11) is 1.65. The van der Waals surface area contributed by atoms with Gasteiger partial charge in [-0.25, -0.2) is 0 Å². The van der Waals surface area contributed by atoms with Crippen LogP contribution in [0.3, 0.4) is 0 Å². The van der Waals surface area contributed by atoms with Crippen LogP contribution < -0.4 is 4.74 Å². The van der Waals surface area contributed by atoms with Gasteiger partial charge in [-0.2, -0.15) is 0 Å². The second-order valence-corrected chi connectivity index (χ2v) is 3.88. The maximum absolute atomic E-state index is 10.9. The zero-order chi connectivity index (χ0) is 10.8. The van der Waals surface area contributed by atoms with E-state index in [-0.39, 0.29) is 5.92 Å². The highest BCUT2D eigenvalue weighted by Gasteiger charge is 2.25. The summed E-state index contributed by atoms with van der Waals surface area (Å²) in [5.74, 6) is -0.0376. The van der Waals surface area contributed by atoms with Crippen molar-refractivity contribution in [2.75, 3.05) is 7.11 Å². The van der Waals surface area contributed by atoms with Gasteiger partial charge in [0.25, 0.3) is 0 Å². The van der Waals surface area contributed by atoms with Crippen molar-refractivity contribution in [1.29, 1.82) is 0 Å². The Morgan fingerprint density at radius 2 is 2.33 bits per heavy atom. The maximum Gasteiger partial charge on any atom is 0.306 e. The van der Waals surface area contributed by atoms with Crippen molar-refractivity contribution in [2.45, 2.75) is 19.3 Å². The molecule has 0 bridgehead atoms. The minimum Gasteiger partial charge on any atom is -0.496 e. The van der Waals surface area contributed by atoms with Crippen molar-refractivity contribution in [3.05, 3.63) is 29.3 Å². The quantitative estimate of drug-likeness (QED) is 0.803. The van der Waals surface area contributed by atoms with Crippen LogP contribution in [0.1, 0.15) is 17.5 Å². The van der Waals surface area contributed by atoms with Crippen LogP contribution in [-0.4, -0.2) is 18.2 Å². The average molecular weight is 206 g/mol. The number of aliphatic carboxylic acids is 1. The lowest BCUT2D eigenvalue weighted by Crippen LogP contribution is -2.22. The highest BCUT2D eigenvalue weighted by molar-refractivity contribution is 5.71. The van der Waals surface area contributed by atoms with Gasteiger partial charge in [-0.15, -0.1) is 0 Å². The van der Waals surface area contributed by atoms with Gasteiger partial charge in [0.15, 0.2) is 0 Å². The lowest BCUT2D eigenvalue weighted by Gasteiger charge is -2.23. The second kappa shape index (κ2) is 3.93. The van der Waals surface area contributed by atoms with Crippen LogP contribution in [0.2, 0.25) is 0 Å². The van der Waals surface area contributed by atoms with E-state index < -0.39 is 5.97 Å². The molecule has 0 saturated carbocycles. The molecular formula is C12H14O3. The molecular weight excluding hydrogens is 192 g/mol. The Morgan fingerprint density at radius 3 is 3.00 bits per heavy atom. The van der Waals surface area contributed by atoms with E-state index in [1.807, 2.05) is 18.2 Å². The Hall–Kier alpha value is -1.51. The number of ether oxygens (including phenoxy) is 1. The number of methoxy groups -OCH3 is 1. The average Bonchev–Trinajstić information content (AvgIpc) is 2.27. The summed E-state index contributed by atoms with van der Waals surface area (Å²) in [5, 5.41) is 8.96. The lowest BCUT2D eigenvalue weighted by molar-refractivity contribution is -0.142. The predicted molar refractivity (Wildman–Crippen MR) is 56.1 cm³/mol. The summed E-state index contributed by atoms with van der Waals surface area (Å²) < 4.78 is 5.26. The zero-order valence-electron chi connectivity index (χ0n) is 8.69. The Labute approximate surface area is 88.7 Å². The van der Waals surface area contributed by atoms with Crippen LogP contribution >= 0.6 is 0 Å². The largest absolute Gasteiger partial charge is 0.496 e. The smallest absolute Gasteiger partial charge is 0.306 e. The first-order chi connectivity index (χ1) is 7.22. The third kappa shape index (κ3) is 1.82. The number of carboxylic acid groups (broad SMARTS) is 1. The molecule has 80 valence electrons. The van der Waals surface area contributed by atoms with E-state index in [0.717, 1.165) is 17.7 Å². The van der Waals surface area contributed by atoms with Gasteiger partial charge in [-0.1, -0.05) is 12.1 Å². The summed E-state index contributed by atoms with van der Waals surface area (Å²) in [6.45, 7) is 0. The van der Waals surface area contributed by atoms with Gasteiger partial charge in [-0.05, 0) is 36.5 Å². The predicted octanol–water partition coefficient (Wildman–Crippen LogP) is 1.88. The van der Waals surface area contributed by atoms with Crippen LogP contribution in [0.15, 0.2) is 18.2 Å². The highest BCUT2D eigenvalue weighted by atomic mass is 16.5. The molecule has 1 aliphatic carbocycles. The molecule has 1 atom stereocenters. The van der Waals surface area contributed by atoms with Gasteiger partial charge in [-0.3, -0.25) is 4.79 Å². The topological polar surface area (TPSA) is 46.5 Å². The number of benzene rings is 1. The van der Waals surface area contributed by atoms with E-state index in [1.165, 1.54) is 5.56 Å². The molecule has 1 aliphatic rings. The van der Waals surface area contributed by atoms with Gasteiger partial charge >= 0.3 is 5.97 Å². The molecule has 3 heteroatoms. The van der Waals surface area contributed by atoms with Gasteiger partial charge in [0.1, 0.15) is 5.75 Å². The molecule has 0 aliphatic heterocycles. The van der Waals surface area contributed by atoms with Crippen molar-refractivity contribution in [3.8, 4) is 5.75 Å². The molecule has 1 aromatic carbocycles. The summed E-state index contributed by atoms with van der Waals surface area (Å²) in [6, 6.07) is 5.84. The number of carbonyl (C=O) groups is 1. The molecule has 3 nitrogen and oxygen atoms in total. The number of carboxylic acids is 1. The molecule has 1 aromatic rings. The van der Waals surface area contributed by atoms with Crippen molar-refractivity contribution in [2.24, 2.45) is 5.92 Å². The van der Waals surface area contributed by atoms with Crippen LogP contribution in [0.4, 0.5) is 0 Å². The van der Waals surface area contributed by atoms with Gasteiger partial charge in [0, 0.05) is 0 Å². The fourth-order valence-corrected chi connectivity index (χ4v) is 2.17. The van der Waals surface area contributed by atoms with E-state index in [9.17, 15) is 4.79 Å². The number of hydrogen-bond donors (Lipinski definition) is 1. The van der Waals surface area contributed by atoms with E-state index in [1.54, 1.807) is 7.11 Å². The maximum atomic E-state index is 10.9. The molecule has 0 fully saturated rings. The molecule has 0 spiro atoms. The number of fused-ring (bicyclic) bond motifs is 1. The molecule has 1 N–H and O–H groups in total. The monoisotopic (exact) mass is 206 g/mol. The molecule has 15 heavy (non-hydrogen) atoms. The fraction of sp³-hybridized carbons (Fsp3) is 0.417. The Bertz CT molecular complexity index is 384. The first kappa shape index (κ1) is 10.0. The third-order valence-corrected chi connectivity index (χ3v) is 3.01. The zero-order valence-corrected chi connectivity index (χ0v) is 8.69. The Morgan fingerprint density at radius 1 is 1.53 bits per heavy atom. The molecule has 0 saturated heterocycles. The summed E-state index contributed by atoms with van der Waals surface area (Å²) in [4.78, 5) is 10.9. The highest BCUT2D eigenvalue weighted by Crippen LogP contribution is 2.31. The lowest BCUT2D eigenvalue weighted by atomic mass is 9.83. The summed E-state index contributed by atoms with van der Waals surface area (Å²) in [5.41, 5.74) is 2.30. The molecule has 2 rings (SSSR count). The van der Waals surface area contributed by atoms with Crippen molar-refractivity contribution in [1.82, 2.24) is 0 Å². The standard InChI is InChI=1S/C12H14O3/c1-15-11-4-2-3-8-7-9(12(13)14)5-6-10(8)11/h2-4,9H,5-7H2,1H3,(H,13,14)/t9-/m0/s1. The molecule has 0 heterocycles. The minimum absolute atomic E-state index is 0.232. The van der Waals surface area contributed by atoms with Gasteiger partial charge < -0.3 is 9.84 Å². The van der Waals surface area contributed by atoms with E-state index in [2.05, 4.69) is 0 Å². The third-order valence-electron chi connectivity index (χ3n) is 3.01. The normalized spacial score (nSPS) is 19.4. The van der Waals surface area contributed by atoms with Gasteiger partial charge in [0.2, 0.25) is 0 Å². The molecule has 0 unspecified atom stereocenters. The minimum atomic E-state index is -0.691. The van der Waals surface area contributed by atoms with E-state index in [4.69, 9.17) is 9.84 Å². The van der Waals surface area contributed by atoms with Crippen molar-refractivity contribution in [3.63, 3.8) is 0 Å². The Balaban J connectivity index is 2.31. The molecule has 0 aromatic heterocycles. The molecule has 0 radical (unpaired) electrons.